The van der Waals surface area contributed by atoms with Gasteiger partial charge in [-0.2, -0.15) is 0 Å². The van der Waals surface area contributed by atoms with Crippen molar-refractivity contribution in [3.8, 4) is 0 Å². The third-order valence-electron chi connectivity index (χ3n) is 5.37. The zero-order chi connectivity index (χ0) is 22.9. The van der Waals surface area contributed by atoms with E-state index in [1.165, 1.54) is 11.4 Å². The molecular formula is C22H31F2N4O2+. The van der Waals surface area contributed by atoms with Crippen molar-refractivity contribution in [2.24, 2.45) is 16.6 Å². The SMILES string of the molecule is CC1(C)CCC([NH2+]C(=O)N[C@H](C(N)=O)C(C)(C)C)=C(C(=N)c2ccc(F)c(F)c2)C1. The Morgan fingerprint density at radius 3 is 2.40 bits per heavy atom. The summed E-state index contributed by atoms with van der Waals surface area (Å²) < 4.78 is 27.0. The molecule has 0 saturated carbocycles. The smallest absolute Gasteiger partial charge is 0.368 e. The number of allylic oxidation sites excluding steroid dienone is 2. The number of urea groups is 1. The topological polar surface area (TPSA) is 113 Å². The third kappa shape index (κ3) is 5.72. The van der Waals surface area contributed by atoms with E-state index >= 15 is 0 Å². The lowest BCUT2D eigenvalue weighted by atomic mass is 9.74. The van der Waals surface area contributed by atoms with Crippen molar-refractivity contribution in [3.05, 3.63) is 46.7 Å². The molecule has 6 N–H and O–H groups in total. The van der Waals surface area contributed by atoms with Crippen molar-refractivity contribution in [2.45, 2.75) is 59.9 Å². The first-order valence-electron chi connectivity index (χ1n) is 9.92. The molecule has 1 aliphatic rings. The summed E-state index contributed by atoms with van der Waals surface area (Å²) in [5.41, 5.74) is 6.35. The summed E-state index contributed by atoms with van der Waals surface area (Å²) in [5, 5.41) is 12.6. The fraction of sp³-hybridized carbons (Fsp3) is 0.500. The number of rotatable bonds is 5. The molecule has 0 aliphatic heterocycles. The van der Waals surface area contributed by atoms with Crippen LogP contribution in [0.3, 0.4) is 0 Å². The normalized spacial score (nSPS) is 17.4. The zero-order valence-corrected chi connectivity index (χ0v) is 18.2. The van der Waals surface area contributed by atoms with Crippen LogP contribution in [0.15, 0.2) is 29.5 Å². The van der Waals surface area contributed by atoms with Crippen molar-refractivity contribution >= 4 is 17.6 Å². The van der Waals surface area contributed by atoms with E-state index < -0.39 is 35.0 Å². The highest BCUT2D eigenvalue weighted by Crippen LogP contribution is 2.38. The van der Waals surface area contributed by atoms with Crippen molar-refractivity contribution in [3.63, 3.8) is 0 Å². The second-order valence-corrected chi connectivity index (χ2v) is 9.70. The van der Waals surface area contributed by atoms with Gasteiger partial charge < -0.3 is 5.73 Å². The van der Waals surface area contributed by atoms with E-state index in [4.69, 9.17) is 11.1 Å². The van der Waals surface area contributed by atoms with Gasteiger partial charge in [0.05, 0.1) is 5.71 Å². The van der Waals surface area contributed by atoms with Gasteiger partial charge in [0, 0.05) is 17.6 Å². The number of nitrogens with one attached hydrogen (secondary N) is 2. The molecule has 0 bridgehead atoms. The first-order valence-corrected chi connectivity index (χ1v) is 9.92. The summed E-state index contributed by atoms with van der Waals surface area (Å²) in [7, 11) is 0. The summed E-state index contributed by atoms with van der Waals surface area (Å²) in [5.74, 6) is -2.63. The van der Waals surface area contributed by atoms with Crippen LogP contribution in [0.4, 0.5) is 13.6 Å². The van der Waals surface area contributed by atoms with Crippen LogP contribution >= 0.6 is 0 Å². The first kappa shape index (κ1) is 23.7. The summed E-state index contributed by atoms with van der Waals surface area (Å²) in [6.07, 6.45) is 1.88. The van der Waals surface area contributed by atoms with Gasteiger partial charge in [-0.25, -0.2) is 18.9 Å². The molecule has 1 aromatic rings. The fourth-order valence-corrected chi connectivity index (χ4v) is 3.60. The molecule has 6 nitrogen and oxygen atoms in total. The maximum atomic E-state index is 13.7. The molecular weight excluding hydrogens is 390 g/mol. The molecule has 164 valence electrons. The molecule has 1 aromatic carbocycles. The number of halogens is 2. The molecule has 1 atom stereocenters. The summed E-state index contributed by atoms with van der Waals surface area (Å²) in [6, 6.07) is 2.02. The number of nitrogens with two attached hydrogens (primary N) is 2. The molecule has 0 spiro atoms. The van der Waals surface area contributed by atoms with Crippen molar-refractivity contribution in [1.29, 1.82) is 5.41 Å². The van der Waals surface area contributed by atoms with E-state index in [-0.39, 0.29) is 16.7 Å². The number of carbonyl (C=O) groups is 2. The summed E-state index contributed by atoms with van der Waals surface area (Å²) >= 11 is 0. The van der Waals surface area contributed by atoms with E-state index in [0.29, 0.717) is 24.1 Å². The maximum Gasteiger partial charge on any atom is 0.418 e. The Hall–Kier alpha value is -2.61. The molecule has 0 fully saturated rings. The molecule has 30 heavy (non-hydrogen) atoms. The lowest BCUT2D eigenvalue weighted by Crippen LogP contribution is -2.90. The Kier molecular flexibility index (Phi) is 6.81. The average molecular weight is 422 g/mol. The van der Waals surface area contributed by atoms with E-state index in [0.717, 1.165) is 18.6 Å². The van der Waals surface area contributed by atoms with Crippen LogP contribution in [0.2, 0.25) is 0 Å². The monoisotopic (exact) mass is 421 g/mol. The summed E-state index contributed by atoms with van der Waals surface area (Å²) in [6.45, 7) is 9.52. The van der Waals surface area contributed by atoms with Crippen LogP contribution in [-0.4, -0.2) is 23.7 Å². The zero-order valence-electron chi connectivity index (χ0n) is 18.2. The van der Waals surface area contributed by atoms with Gasteiger partial charge in [-0.3, -0.25) is 15.5 Å². The Labute approximate surface area is 175 Å². The van der Waals surface area contributed by atoms with Gasteiger partial charge in [0.25, 0.3) is 0 Å². The number of quaternary nitrogens is 1. The number of hydrogen-bond donors (Lipinski definition) is 4. The number of hydrogen-bond acceptors (Lipinski definition) is 3. The minimum atomic E-state index is -1.02. The number of amides is 3. The van der Waals surface area contributed by atoms with Crippen molar-refractivity contribution < 1.29 is 23.7 Å². The Morgan fingerprint density at radius 1 is 1.23 bits per heavy atom. The van der Waals surface area contributed by atoms with Gasteiger partial charge in [0.1, 0.15) is 11.7 Å². The third-order valence-corrected chi connectivity index (χ3v) is 5.37. The molecule has 0 radical (unpaired) electrons. The molecule has 1 aliphatic carbocycles. The second-order valence-electron chi connectivity index (χ2n) is 9.70. The predicted octanol–water partition coefficient (Wildman–Crippen LogP) is 2.97. The molecule has 0 aromatic heterocycles. The van der Waals surface area contributed by atoms with Crippen molar-refractivity contribution in [2.75, 3.05) is 0 Å². The Bertz CT molecular complexity index is 901. The van der Waals surface area contributed by atoms with Gasteiger partial charge in [-0.1, -0.05) is 34.6 Å². The largest absolute Gasteiger partial charge is 0.418 e. The number of benzene rings is 1. The number of primary amides is 2. The standard InChI is InChI=1S/C22H30F2N4O2/c1-21(2,3)18(19(26)29)28-20(30)27-16-8-9-22(4,5)11-13(16)17(25)12-6-7-14(23)15(24)10-12/h6-7,10,18,25H,8-9,11H2,1-5H3,(H2,26,29)(H2,27,28,30)/p+1/t18-/m1/s1. The summed E-state index contributed by atoms with van der Waals surface area (Å²) in [4.78, 5) is 24.4. The molecule has 2 rings (SSSR count). The van der Waals surface area contributed by atoms with Gasteiger partial charge in [-0.15, -0.1) is 0 Å². The van der Waals surface area contributed by atoms with Crippen molar-refractivity contribution in [1.82, 2.24) is 5.32 Å². The molecule has 3 amide bonds. The van der Waals surface area contributed by atoms with Gasteiger partial charge in [0.2, 0.25) is 5.91 Å². The maximum absolute atomic E-state index is 13.7. The fourth-order valence-electron chi connectivity index (χ4n) is 3.60. The van der Waals surface area contributed by atoms with Gasteiger partial charge in [0.15, 0.2) is 11.6 Å². The van der Waals surface area contributed by atoms with Crippen LogP contribution in [0, 0.1) is 27.9 Å². The highest BCUT2D eigenvalue weighted by molar-refractivity contribution is 6.11. The van der Waals surface area contributed by atoms with Gasteiger partial charge >= 0.3 is 6.03 Å². The predicted molar refractivity (Wildman–Crippen MR) is 111 cm³/mol. The molecule has 0 unspecified atom stereocenters. The molecule has 0 heterocycles. The van der Waals surface area contributed by atoms with Crippen LogP contribution in [-0.2, 0) is 4.79 Å². The van der Waals surface area contributed by atoms with E-state index in [2.05, 4.69) is 19.2 Å². The lowest BCUT2D eigenvalue weighted by Gasteiger charge is -2.32. The van der Waals surface area contributed by atoms with Crippen LogP contribution < -0.4 is 16.4 Å². The lowest BCUT2D eigenvalue weighted by molar-refractivity contribution is -0.508. The van der Waals surface area contributed by atoms with Crippen LogP contribution in [0.25, 0.3) is 0 Å². The Morgan fingerprint density at radius 2 is 1.87 bits per heavy atom. The van der Waals surface area contributed by atoms with E-state index in [1.807, 2.05) is 0 Å². The highest BCUT2D eigenvalue weighted by Gasteiger charge is 2.35. The second kappa shape index (κ2) is 8.63. The molecule has 0 saturated heterocycles. The molecule has 8 heteroatoms. The van der Waals surface area contributed by atoms with Crippen LogP contribution in [0.5, 0.6) is 0 Å². The van der Waals surface area contributed by atoms with E-state index in [1.54, 1.807) is 20.8 Å². The highest BCUT2D eigenvalue weighted by atomic mass is 19.2. The minimum Gasteiger partial charge on any atom is -0.368 e. The van der Waals surface area contributed by atoms with E-state index in [9.17, 15) is 18.4 Å². The number of carbonyl (C=O) groups excluding carboxylic acids is 2. The minimum absolute atomic E-state index is 0.0583. The average Bonchev–Trinajstić information content (AvgIpc) is 2.61. The van der Waals surface area contributed by atoms with Gasteiger partial charge in [-0.05, 0) is 41.9 Å². The first-order chi connectivity index (χ1) is 13.7. The quantitative estimate of drug-likeness (QED) is 0.548. The van der Waals surface area contributed by atoms with Crippen LogP contribution in [0.1, 0.15) is 59.4 Å². The Balaban J connectivity index is 2.34.